The molecule has 0 heterocycles. The lowest BCUT2D eigenvalue weighted by Gasteiger charge is -2.19. The van der Waals surface area contributed by atoms with Crippen LogP contribution in [0.4, 0.5) is 0 Å². The van der Waals surface area contributed by atoms with Crippen LogP contribution >= 0.6 is 0 Å². The van der Waals surface area contributed by atoms with Crippen LogP contribution in [0.1, 0.15) is 31.4 Å². The Balaban J connectivity index is 3.11. The molecule has 1 aromatic rings. The molecule has 0 spiro atoms. The molecular weight excluding hydrogens is 256 g/mol. The maximum absolute atomic E-state index is 5.63. The van der Waals surface area contributed by atoms with E-state index in [0.29, 0.717) is 17.2 Å². The lowest BCUT2D eigenvalue weighted by Crippen LogP contribution is -2.28. The third-order valence-electron chi connectivity index (χ3n) is 3.03. The van der Waals surface area contributed by atoms with Crippen molar-refractivity contribution < 1.29 is 14.2 Å². The average Bonchev–Trinajstić information content (AvgIpc) is 2.50. The molecule has 0 bridgehead atoms. The lowest BCUT2D eigenvalue weighted by atomic mass is 10.0. The van der Waals surface area contributed by atoms with Gasteiger partial charge in [0.25, 0.3) is 0 Å². The summed E-state index contributed by atoms with van der Waals surface area (Å²) in [6.45, 7) is 1.82. The fraction of sp³-hybridized carbons (Fsp3) is 0.467. The van der Waals surface area contributed by atoms with Gasteiger partial charge in [0.05, 0.1) is 21.3 Å². The van der Waals surface area contributed by atoms with E-state index in [1.807, 2.05) is 19.1 Å². The van der Waals surface area contributed by atoms with E-state index in [-0.39, 0.29) is 6.04 Å². The summed E-state index contributed by atoms with van der Waals surface area (Å²) in [5, 5.41) is 0. The highest BCUT2D eigenvalue weighted by Gasteiger charge is 2.17. The van der Waals surface area contributed by atoms with E-state index in [4.69, 9.17) is 20.1 Å². The molecule has 5 heteroatoms. The Labute approximate surface area is 120 Å². The van der Waals surface area contributed by atoms with Crippen LogP contribution in [0.5, 0.6) is 17.2 Å². The van der Waals surface area contributed by atoms with Crippen LogP contribution in [0.15, 0.2) is 12.1 Å². The molecule has 0 aromatic heterocycles. The van der Waals surface area contributed by atoms with Gasteiger partial charge in [0.1, 0.15) is 0 Å². The third-order valence-corrected chi connectivity index (χ3v) is 3.03. The molecule has 5 nitrogen and oxygen atoms in total. The molecule has 0 fully saturated rings. The molecule has 1 aromatic carbocycles. The van der Waals surface area contributed by atoms with E-state index in [2.05, 4.69) is 17.3 Å². The number of hydrazine groups is 1. The zero-order valence-corrected chi connectivity index (χ0v) is 12.4. The number of nitrogens with one attached hydrogen (secondary N) is 1. The summed E-state index contributed by atoms with van der Waals surface area (Å²) in [4.78, 5) is 0. The summed E-state index contributed by atoms with van der Waals surface area (Å²) in [5.41, 5.74) is 3.77. The van der Waals surface area contributed by atoms with Crippen molar-refractivity contribution in [1.82, 2.24) is 5.43 Å². The van der Waals surface area contributed by atoms with Gasteiger partial charge in [0.15, 0.2) is 11.5 Å². The highest BCUT2D eigenvalue weighted by molar-refractivity contribution is 5.54. The first kappa shape index (κ1) is 16.2. The van der Waals surface area contributed by atoms with Gasteiger partial charge in [0, 0.05) is 12.5 Å². The molecule has 3 N–H and O–H groups in total. The Morgan fingerprint density at radius 2 is 1.75 bits per heavy atom. The van der Waals surface area contributed by atoms with Crippen LogP contribution in [0.25, 0.3) is 0 Å². The van der Waals surface area contributed by atoms with Crippen LogP contribution < -0.4 is 25.5 Å². The van der Waals surface area contributed by atoms with Gasteiger partial charge < -0.3 is 14.2 Å². The summed E-state index contributed by atoms with van der Waals surface area (Å²) < 4.78 is 16.0. The van der Waals surface area contributed by atoms with Gasteiger partial charge in [-0.2, -0.15) is 0 Å². The van der Waals surface area contributed by atoms with Gasteiger partial charge in [0.2, 0.25) is 5.75 Å². The van der Waals surface area contributed by atoms with Gasteiger partial charge in [-0.25, -0.2) is 0 Å². The molecule has 0 saturated heterocycles. The number of benzene rings is 1. The van der Waals surface area contributed by atoms with E-state index in [1.165, 1.54) is 0 Å². The number of rotatable bonds is 7. The number of nitrogens with two attached hydrogens (primary N) is 1. The predicted molar refractivity (Wildman–Crippen MR) is 78.8 cm³/mol. The zero-order chi connectivity index (χ0) is 15.0. The fourth-order valence-electron chi connectivity index (χ4n) is 1.99. The molecule has 1 atom stereocenters. The normalized spacial score (nSPS) is 11.2. The SMILES string of the molecule is CC#CCCC(NN)c1cc(OC)c(OC)c(OC)c1. The summed E-state index contributed by atoms with van der Waals surface area (Å²) in [6.07, 6.45) is 1.57. The van der Waals surface area contributed by atoms with E-state index >= 15 is 0 Å². The van der Waals surface area contributed by atoms with Crippen molar-refractivity contribution in [2.24, 2.45) is 5.84 Å². The zero-order valence-electron chi connectivity index (χ0n) is 12.4. The first-order valence-corrected chi connectivity index (χ1v) is 6.37. The smallest absolute Gasteiger partial charge is 0.203 e. The van der Waals surface area contributed by atoms with Crippen LogP contribution in [0.3, 0.4) is 0 Å². The molecule has 0 aliphatic heterocycles. The van der Waals surface area contributed by atoms with Gasteiger partial charge in [-0.1, -0.05) is 0 Å². The Morgan fingerprint density at radius 3 is 2.15 bits per heavy atom. The molecule has 0 aliphatic rings. The topological polar surface area (TPSA) is 65.7 Å². The molecule has 110 valence electrons. The Kier molecular flexibility index (Phi) is 6.71. The fourth-order valence-corrected chi connectivity index (χ4v) is 1.99. The standard InChI is InChI=1S/C15H22N2O3/c1-5-6-7-8-12(17-16)11-9-13(18-2)15(20-4)14(10-11)19-3/h9-10,12,17H,7-8,16H2,1-4H3. The van der Waals surface area contributed by atoms with Crippen molar-refractivity contribution in [3.8, 4) is 29.1 Å². The Morgan fingerprint density at radius 1 is 1.15 bits per heavy atom. The van der Waals surface area contributed by atoms with Crippen molar-refractivity contribution in [1.29, 1.82) is 0 Å². The summed E-state index contributed by atoms with van der Waals surface area (Å²) in [6, 6.07) is 3.76. The number of hydrogen-bond donors (Lipinski definition) is 2. The summed E-state index contributed by atoms with van der Waals surface area (Å²) in [5.74, 6) is 13.3. The monoisotopic (exact) mass is 278 g/mol. The molecule has 0 radical (unpaired) electrons. The van der Waals surface area contributed by atoms with Crippen LogP contribution in [0.2, 0.25) is 0 Å². The summed E-state index contributed by atoms with van der Waals surface area (Å²) in [7, 11) is 4.76. The molecule has 20 heavy (non-hydrogen) atoms. The van der Waals surface area contributed by atoms with Crippen molar-refractivity contribution in [3.63, 3.8) is 0 Å². The van der Waals surface area contributed by atoms with Gasteiger partial charge in [-0.05, 0) is 31.0 Å². The number of ether oxygens (including phenoxy) is 3. The predicted octanol–water partition coefficient (Wildman–Crippen LogP) is 2.02. The summed E-state index contributed by atoms with van der Waals surface area (Å²) >= 11 is 0. The average molecular weight is 278 g/mol. The van der Waals surface area contributed by atoms with Crippen LogP contribution in [-0.2, 0) is 0 Å². The van der Waals surface area contributed by atoms with E-state index < -0.39 is 0 Å². The number of hydrogen-bond acceptors (Lipinski definition) is 5. The lowest BCUT2D eigenvalue weighted by molar-refractivity contribution is 0.322. The third kappa shape index (κ3) is 3.80. The van der Waals surface area contributed by atoms with Crippen molar-refractivity contribution >= 4 is 0 Å². The largest absolute Gasteiger partial charge is 0.493 e. The minimum Gasteiger partial charge on any atom is -0.493 e. The van der Waals surface area contributed by atoms with E-state index in [9.17, 15) is 0 Å². The minimum absolute atomic E-state index is 0.0236. The van der Waals surface area contributed by atoms with Crippen LogP contribution in [0, 0.1) is 11.8 Å². The second-order valence-electron chi connectivity index (χ2n) is 4.14. The van der Waals surface area contributed by atoms with Gasteiger partial charge >= 0.3 is 0 Å². The van der Waals surface area contributed by atoms with E-state index in [0.717, 1.165) is 18.4 Å². The first-order valence-electron chi connectivity index (χ1n) is 6.37. The highest BCUT2D eigenvalue weighted by Crippen LogP contribution is 2.40. The Bertz CT molecular complexity index is 467. The molecular formula is C15H22N2O3. The van der Waals surface area contributed by atoms with Crippen molar-refractivity contribution in [3.05, 3.63) is 17.7 Å². The highest BCUT2D eigenvalue weighted by atomic mass is 16.5. The molecule has 1 unspecified atom stereocenters. The second-order valence-corrected chi connectivity index (χ2v) is 4.14. The minimum atomic E-state index is -0.0236. The second kappa shape index (κ2) is 8.31. The molecule has 0 aliphatic carbocycles. The van der Waals surface area contributed by atoms with Gasteiger partial charge in [-0.3, -0.25) is 11.3 Å². The molecule has 0 saturated carbocycles. The van der Waals surface area contributed by atoms with Gasteiger partial charge in [-0.15, -0.1) is 11.8 Å². The van der Waals surface area contributed by atoms with E-state index in [1.54, 1.807) is 21.3 Å². The van der Waals surface area contributed by atoms with Crippen molar-refractivity contribution in [2.45, 2.75) is 25.8 Å². The Hall–Kier alpha value is -1.90. The number of methoxy groups -OCH3 is 3. The maximum Gasteiger partial charge on any atom is 0.203 e. The quantitative estimate of drug-likeness (QED) is 0.454. The maximum atomic E-state index is 5.63. The first-order chi connectivity index (χ1) is 9.71. The molecule has 0 amide bonds. The van der Waals surface area contributed by atoms with Crippen LogP contribution in [-0.4, -0.2) is 21.3 Å². The van der Waals surface area contributed by atoms with Crippen molar-refractivity contribution in [2.75, 3.05) is 21.3 Å². The molecule has 1 rings (SSSR count).